The molecule has 142 valence electrons. The lowest BCUT2D eigenvalue weighted by Gasteiger charge is -2.39. The topological polar surface area (TPSA) is 45.5 Å². The van der Waals surface area contributed by atoms with Gasteiger partial charge in [-0.15, -0.1) is 11.3 Å². The molecule has 3 heterocycles. The molecule has 2 aromatic heterocycles. The molecular formula is C20H31N5S. The van der Waals surface area contributed by atoms with Crippen LogP contribution in [0.1, 0.15) is 38.1 Å². The number of rotatable bonds is 6. The maximum atomic E-state index is 4.97. The second-order valence-electron chi connectivity index (χ2n) is 7.37. The molecule has 0 aliphatic carbocycles. The Balaban J connectivity index is 1.64. The second kappa shape index (κ2) is 9.21. The van der Waals surface area contributed by atoms with Crippen molar-refractivity contribution < 1.29 is 0 Å². The fourth-order valence-electron chi connectivity index (χ4n) is 3.60. The van der Waals surface area contributed by atoms with Gasteiger partial charge in [-0.05, 0) is 43.0 Å². The van der Waals surface area contributed by atoms with Crippen molar-refractivity contribution in [1.82, 2.24) is 19.8 Å². The van der Waals surface area contributed by atoms with E-state index in [1.54, 1.807) is 0 Å². The Labute approximate surface area is 161 Å². The van der Waals surface area contributed by atoms with Crippen molar-refractivity contribution in [2.45, 2.75) is 39.7 Å². The predicted octanol–water partition coefficient (Wildman–Crippen LogP) is 3.67. The molecular weight excluding hydrogens is 342 g/mol. The van der Waals surface area contributed by atoms with Crippen LogP contribution in [0.15, 0.2) is 41.2 Å². The summed E-state index contributed by atoms with van der Waals surface area (Å²) in [6.07, 6.45) is 8.18. The molecule has 0 amide bonds. The molecule has 26 heavy (non-hydrogen) atoms. The van der Waals surface area contributed by atoms with E-state index >= 15 is 0 Å². The van der Waals surface area contributed by atoms with Crippen molar-refractivity contribution >= 4 is 17.3 Å². The van der Waals surface area contributed by atoms with Crippen molar-refractivity contribution in [3.05, 3.63) is 41.1 Å². The van der Waals surface area contributed by atoms with Gasteiger partial charge >= 0.3 is 0 Å². The highest BCUT2D eigenvalue weighted by atomic mass is 32.1. The molecule has 5 nitrogen and oxygen atoms in total. The van der Waals surface area contributed by atoms with Crippen LogP contribution in [0.4, 0.5) is 0 Å². The van der Waals surface area contributed by atoms with E-state index in [-0.39, 0.29) is 0 Å². The van der Waals surface area contributed by atoms with Crippen molar-refractivity contribution in [2.24, 2.45) is 16.8 Å². The summed E-state index contributed by atoms with van der Waals surface area (Å²) >= 11 is 1.84. The molecule has 1 aliphatic heterocycles. The Kier molecular flexibility index (Phi) is 6.72. The maximum Gasteiger partial charge on any atom is 0.193 e. The first-order chi connectivity index (χ1) is 12.7. The van der Waals surface area contributed by atoms with Gasteiger partial charge in [-0.25, -0.2) is 4.98 Å². The first kappa shape index (κ1) is 19.0. The SMILES string of the molecule is CCNC(=NCC(C)Cc1cccs1)N1CCC(C)C(n2ccnc2)C1. The average molecular weight is 374 g/mol. The van der Waals surface area contributed by atoms with E-state index in [9.17, 15) is 0 Å². The summed E-state index contributed by atoms with van der Waals surface area (Å²) in [5.41, 5.74) is 0. The zero-order valence-electron chi connectivity index (χ0n) is 16.1. The number of aromatic nitrogens is 2. The van der Waals surface area contributed by atoms with E-state index in [0.717, 1.165) is 38.6 Å². The highest BCUT2D eigenvalue weighted by Gasteiger charge is 2.28. The van der Waals surface area contributed by atoms with Gasteiger partial charge in [-0.3, -0.25) is 4.99 Å². The third-order valence-electron chi connectivity index (χ3n) is 5.14. The van der Waals surface area contributed by atoms with Gasteiger partial charge in [0.1, 0.15) is 0 Å². The van der Waals surface area contributed by atoms with Crippen molar-refractivity contribution in [1.29, 1.82) is 0 Å². The summed E-state index contributed by atoms with van der Waals surface area (Å²) in [4.78, 5) is 13.1. The molecule has 0 spiro atoms. The van der Waals surface area contributed by atoms with E-state index in [2.05, 4.69) is 64.2 Å². The molecule has 0 bridgehead atoms. The minimum absolute atomic E-state index is 0.457. The van der Waals surface area contributed by atoms with Gasteiger partial charge in [0.2, 0.25) is 0 Å². The lowest BCUT2D eigenvalue weighted by molar-refractivity contribution is 0.189. The summed E-state index contributed by atoms with van der Waals surface area (Å²) in [5.74, 6) is 2.26. The molecule has 2 aromatic rings. The minimum atomic E-state index is 0.457. The quantitative estimate of drug-likeness (QED) is 0.621. The number of guanidine groups is 1. The number of nitrogens with zero attached hydrogens (tertiary/aromatic N) is 4. The van der Waals surface area contributed by atoms with E-state index in [4.69, 9.17) is 4.99 Å². The van der Waals surface area contributed by atoms with E-state index < -0.39 is 0 Å². The molecule has 3 rings (SSSR count). The van der Waals surface area contributed by atoms with Crippen LogP contribution in [-0.4, -0.2) is 46.6 Å². The normalized spacial score (nSPS) is 22.4. The van der Waals surface area contributed by atoms with E-state index in [1.165, 1.54) is 11.3 Å². The van der Waals surface area contributed by atoms with Crippen LogP contribution >= 0.6 is 11.3 Å². The van der Waals surface area contributed by atoms with E-state index in [1.807, 2.05) is 23.9 Å². The van der Waals surface area contributed by atoms with E-state index in [0.29, 0.717) is 17.9 Å². The van der Waals surface area contributed by atoms with Crippen molar-refractivity contribution in [3.63, 3.8) is 0 Å². The zero-order chi connectivity index (χ0) is 18.4. The number of hydrogen-bond donors (Lipinski definition) is 1. The number of hydrogen-bond acceptors (Lipinski definition) is 3. The summed E-state index contributed by atoms with van der Waals surface area (Å²) in [5, 5.41) is 5.65. The van der Waals surface area contributed by atoms with Crippen LogP contribution in [0, 0.1) is 11.8 Å². The van der Waals surface area contributed by atoms with Crippen molar-refractivity contribution in [3.8, 4) is 0 Å². The van der Waals surface area contributed by atoms with Crippen LogP contribution in [-0.2, 0) is 6.42 Å². The van der Waals surface area contributed by atoms with Crippen LogP contribution in [0.3, 0.4) is 0 Å². The van der Waals surface area contributed by atoms with Crippen LogP contribution in [0.25, 0.3) is 0 Å². The molecule has 1 aliphatic rings. The monoisotopic (exact) mass is 373 g/mol. The minimum Gasteiger partial charge on any atom is -0.357 e. The predicted molar refractivity (Wildman–Crippen MR) is 110 cm³/mol. The Hall–Kier alpha value is -1.82. The zero-order valence-corrected chi connectivity index (χ0v) is 17.0. The van der Waals surface area contributed by atoms with Gasteiger partial charge in [-0.2, -0.15) is 0 Å². The van der Waals surface area contributed by atoms with Gasteiger partial charge in [0.15, 0.2) is 5.96 Å². The largest absolute Gasteiger partial charge is 0.357 e. The Bertz CT molecular complexity index is 664. The lowest BCUT2D eigenvalue weighted by Crippen LogP contribution is -2.49. The molecule has 6 heteroatoms. The summed E-state index contributed by atoms with van der Waals surface area (Å²) in [6.45, 7) is 10.6. The molecule has 3 atom stereocenters. The number of thiophene rings is 1. The molecule has 0 aromatic carbocycles. The van der Waals surface area contributed by atoms with Crippen LogP contribution < -0.4 is 5.32 Å². The highest BCUT2D eigenvalue weighted by Crippen LogP contribution is 2.27. The van der Waals surface area contributed by atoms with Gasteiger partial charge in [0, 0.05) is 43.4 Å². The van der Waals surface area contributed by atoms with Crippen molar-refractivity contribution in [2.75, 3.05) is 26.2 Å². The maximum absolute atomic E-state index is 4.97. The van der Waals surface area contributed by atoms with Crippen LogP contribution in [0.5, 0.6) is 0 Å². The van der Waals surface area contributed by atoms with Gasteiger partial charge < -0.3 is 14.8 Å². The average Bonchev–Trinajstić information content (AvgIpc) is 3.33. The lowest BCUT2D eigenvalue weighted by atomic mass is 9.93. The Morgan fingerprint density at radius 3 is 3.08 bits per heavy atom. The van der Waals surface area contributed by atoms with Gasteiger partial charge in [-0.1, -0.05) is 19.9 Å². The summed E-state index contributed by atoms with van der Waals surface area (Å²) < 4.78 is 2.25. The summed E-state index contributed by atoms with van der Waals surface area (Å²) in [6, 6.07) is 4.81. The number of piperidine rings is 1. The fourth-order valence-corrected chi connectivity index (χ4v) is 4.47. The highest BCUT2D eigenvalue weighted by molar-refractivity contribution is 7.09. The second-order valence-corrected chi connectivity index (χ2v) is 8.40. The third kappa shape index (κ3) is 4.87. The van der Waals surface area contributed by atoms with Gasteiger partial charge in [0.05, 0.1) is 12.4 Å². The molecule has 3 unspecified atom stereocenters. The van der Waals surface area contributed by atoms with Gasteiger partial charge in [0.25, 0.3) is 0 Å². The molecule has 1 N–H and O–H groups in total. The number of nitrogens with one attached hydrogen (secondary N) is 1. The summed E-state index contributed by atoms with van der Waals surface area (Å²) in [7, 11) is 0. The van der Waals surface area contributed by atoms with Crippen LogP contribution in [0.2, 0.25) is 0 Å². The molecule has 1 fully saturated rings. The Morgan fingerprint density at radius 1 is 1.50 bits per heavy atom. The molecule has 0 saturated carbocycles. The standard InChI is InChI=1S/C20H31N5S/c1-4-22-20(23-13-16(2)12-18-6-5-11-26-18)24-9-7-17(3)19(14-24)25-10-8-21-15-25/h5-6,8,10-11,15-17,19H,4,7,9,12-14H2,1-3H3,(H,22,23). The number of imidazole rings is 1. The fraction of sp³-hybridized carbons (Fsp3) is 0.600. The molecule has 1 saturated heterocycles. The third-order valence-corrected chi connectivity index (χ3v) is 6.04. The smallest absolute Gasteiger partial charge is 0.193 e. The Morgan fingerprint density at radius 2 is 2.38 bits per heavy atom. The first-order valence-electron chi connectivity index (χ1n) is 9.70. The number of likely N-dealkylation sites (tertiary alicyclic amines) is 1. The first-order valence-corrected chi connectivity index (χ1v) is 10.6. The molecule has 0 radical (unpaired) electrons. The number of aliphatic imine (C=N–C) groups is 1.